The number of halogens is 1. The summed E-state index contributed by atoms with van der Waals surface area (Å²) >= 11 is 5.08. The summed E-state index contributed by atoms with van der Waals surface area (Å²) in [5.74, 6) is -1.92. The van der Waals surface area contributed by atoms with Crippen molar-refractivity contribution >= 4 is 28.8 Å². The Hall–Kier alpha value is -1.14. The van der Waals surface area contributed by atoms with E-state index in [0.29, 0.717) is 4.90 Å². The third-order valence-corrected chi connectivity index (χ3v) is 2.12. The van der Waals surface area contributed by atoms with Gasteiger partial charge in [0, 0.05) is 13.1 Å². The maximum atomic E-state index is 11.2. The van der Waals surface area contributed by atoms with Crippen LogP contribution < -0.4 is 0 Å². The van der Waals surface area contributed by atoms with Crippen molar-refractivity contribution in [3.05, 3.63) is 0 Å². The zero-order valence-corrected chi connectivity index (χ0v) is 8.19. The number of carbonyl (C=O) groups excluding carboxylic acids is 3. The Labute approximate surface area is 85.0 Å². The van der Waals surface area contributed by atoms with Crippen LogP contribution in [0.1, 0.15) is 6.92 Å². The lowest BCUT2D eigenvalue weighted by molar-refractivity contribution is -0.160. The number of piperazine rings is 1. The van der Waals surface area contributed by atoms with Gasteiger partial charge in [0.25, 0.3) is 0 Å². The third-order valence-electron chi connectivity index (χ3n) is 1.92. The fourth-order valence-corrected chi connectivity index (χ4v) is 1.33. The highest BCUT2D eigenvalue weighted by atomic mass is 35.5. The van der Waals surface area contributed by atoms with Gasteiger partial charge in [0.15, 0.2) is 0 Å². The first kappa shape index (κ1) is 10.9. The van der Waals surface area contributed by atoms with E-state index in [9.17, 15) is 14.4 Å². The predicted octanol–water partition coefficient (Wildman–Crippen LogP) is -0.646. The molecule has 14 heavy (non-hydrogen) atoms. The largest absolute Gasteiger partial charge is 0.374 e. The third kappa shape index (κ3) is 1.85. The van der Waals surface area contributed by atoms with Gasteiger partial charge in [-0.1, -0.05) is 0 Å². The van der Waals surface area contributed by atoms with Crippen molar-refractivity contribution < 1.29 is 19.5 Å². The van der Waals surface area contributed by atoms with E-state index in [4.69, 9.17) is 16.7 Å². The van der Waals surface area contributed by atoms with Crippen LogP contribution in [0.4, 0.5) is 4.79 Å². The molecule has 0 saturated carbocycles. The summed E-state index contributed by atoms with van der Waals surface area (Å²) in [4.78, 5) is 34.7. The van der Waals surface area contributed by atoms with Crippen LogP contribution in [-0.4, -0.2) is 51.4 Å². The maximum Gasteiger partial charge on any atom is 0.323 e. The molecule has 0 aliphatic carbocycles. The van der Waals surface area contributed by atoms with Gasteiger partial charge in [-0.05, 0) is 18.5 Å². The second-order valence-electron chi connectivity index (χ2n) is 2.84. The highest BCUT2D eigenvalue weighted by Gasteiger charge is 2.36. The molecular weight excluding hydrogens is 212 g/mol. The molecule has 0 spiro atoms. The molecule has 1 atom stereocenters. The van der Waals surface area contributed by atoms with Gasteiger partial charge < -0.3 is 10.0 Å². The normalized spacial score (nSPS) is 19.9. The zero-order valence-electron chi connectivity index (χ0n) is 7.44. The molecule has 7 heteroatoms. The van der Waals surface area contributed by atoms with Crippen molar-refractivity contribution in [2.24, 2.45) is 0 Å². The van der Waals surface area contributed by atoms with Gasteiger partial charge in [0.05, 0.1) is 0 Å². The number of hydrogen-bond acceptors (Lipinski definition) is 4. The highest BCUT2D eigenvalue weighted by Crippen LogP contribution is 2.09. The van der Waals surface area contributed by atoms with Crippen LogP contribution in [0.15, 0.2) is 0 Å². The summed E-state index contributed by atoms with van der Waals surface area (Å²) in [7, 11) is 0. The Bertz CT molecular complexity index is 291. The number of rotatable bonds is 1. The van der Waals surface area contributed by atoms with Gasteiger partial charge in [-0.15, -0.1) is 0 Å². The SMILES string of the molecule is CC(O)N1CCN(C(=O)Cl)C(=O)C1=O. The molecule has 1 unspecified atom stereocenters. The lowest BCUT2D eigenvalue weighted by atomic mass is 10.3. The van der Waals surface area contributed by atoms with Crippen LogP contribution in [0.25, 0.3) is 0 Å². The van der Waals surface area contributed by atoms with Gasteiger partial charge in [-0.3, -0.25) is 19.3 Å². The Morgan fingerprint density at radius 1 is 1.43 bits per heavy atom. The molecule has 0 bridgehead atoms. The molecule has 3 amide bonds. The Morgan fingerprint density at radius 3 is 2.43 bits per heavy atom. The standard InChI is InChI=1S/C7H9ClN2O4/c1-4(11)9-2-3-10(7(8)14)6(13)5(9)12/h4,11H,2-3H2,1H3. The molecule has 6 nitrogen and oxygen atoms in total. The molecular formula is C7H9ClN2O4. The number of hydrogen-bond donors (Lipinski definition) is 1. The molecule has 1 rings (SSSR count). The second kappa shape index (κ2) is 3.93. The van der Waals surface area contributed by atoms with Crippen LogP contribution in [0.5, 0.6) is 0 Å². The van der Waals surface area contributed by atoms with E-state index >= 15 is 0 Å². The number of imide groups is 1. The first-order valence-electron chi connectivity index (χ1n) is 3.95. The number of amides is 3. The van der Waals surface area contributed by atoms with Crippen molar-refractivity contribution in [2.75, 3.05) is 13.1 Å². The number of carbonyl (C=O) groups is 3. The lowest BCUT2D eigenvalue weighted by Crippen LogP contribution is -2.57. The van der Waals surface area contributed by atoms with Crippen molar-refractivity contribution in [3.63, 3.8) is 0 Å². The van der Waals surface area contributed by atoms with Crippen molar-refractivity contribution in [2.45, 2.75) is 13.2 Å². The molecule has 0 aromatic carbocycles. The Balaban J connectivity index is 2.80. The van der Waals surface area contributed by atoms with Gasteiger partial charge in [-0.2, -0.15) is 0 Å². The van der Waals surface area contributed by atoms with E-state index in [1.165, 1.54) is 6.92 Å². The summed E-state index contributed by atoms with van der Waals surface area (Å²) in [5, 5.41) is 8.13. The molecule has 0 aromatic rings. The van der Waals surface area contributed by atoms with Gasteiger partial charge in [-0.25, -0.2) is 0 Å². The quantitative estimate of drug-likeness (QED) is 0.362. The fraction of sp³-hybridized carbons (Fsp3) is 0.571. The fourth-order valence-electron chi connectivity index (χ4n) is 1.17. The van der Waals surface area contributed by atoms with Gasteiger partial charge in [0.2, 0.25) is 0 Å². The van der Waals surface area contributed by atoms with E-state index in [0.717, 1.165) is 4.90 Å². The van der Waals surface area contributed by atoms with E-state index in [1.54, 1.807) is 0 Å². The molecule has 1 aliphatic heterocycles. The van der Waals surface area contributed by atoms with E-state index in [2.05, 4.69) is 0 Å². The molecule has 1 fully saturated rings. The van der Waals surface area contributed by atoms with Crippen molar-refractivity contribution in [1.29, 1.82) is 0 Å². The Kier molecular flexibility index (Phi) is 3.07. The first-order valence-corrected chi connectivity index (χ1v) is 4.33. The lowest BCUT2D eigenvalue weighted by Gasteiger charge is -2.32. The smallest absolute Gasteiger partial charge is 0.323 e. The van der Waals surface area contributed by atoms with E-state index < -0.39 is 23.4 Å². The van der Waals surface area contributed by atoms with Crippen molar-refractivity contribution in [3.8, 4) is 0 Å². The molecule has 1 heterocycles. The molecule has 0 radical (unpaired) electrons. The minimum absolute atomic E-state index is 0.0117. The average molecular weight is 221 g/mol. The average Bonchev–Trinajstić information content (AvgIpc) is 2.08. The monoisotopic (exact) mass is 220 g/mol. The van der Waals surface area contributed by atoms with Gasteiger partial charge >= 0.3 is 17.2 Å². The highest BCUT2D eigenvalue weighted by molar-refractivity contribution is 6.65. The Morgan fingerprint density at radius 2 is 2.00 bits per heavy atom. The molecule has 0 aromatic heterocycles. The predicted molar refractivity (Wildman–Crippen MR) is 46.4 cm³/mol. The molecule has 1 aliphatic rings. The minimum Gasteiger partial charge on any atom is -0.374 e. The van der Waals surface area contributed by atoms with E-state index in [1.807, 2.05) is 0 Å². The van der Waals surface area contributed by atoms with Crippen LogP contribution in [0, 0.1) is 0 Å². The van der Waals surface area contributed by atoms with Crippen molar-refractivity contribution in [1.82, 2.24) is 9.80 Å². The van der Waals surface area contributed by atoms with Gasteiger partial charge in [0.1, 0.15) is 6.23 Å². The topological polar surface area (TPSA) is 77.9 Å². The van der Waals surface area contributed by atoms with E-state index in [-0.39, 0.29) is 13.1 Å². The second-order valence-corrected chi connectivity index (χ2v) is 3.16. The first-order chi connectivity index (χ1) is 6.45. The molecule has 78 valence electrons. The minimum atomic E-state index is -1.04. The summed E-state index contributed by atoms with van der Waals surface area (Å²) in [5.41, 5.74) is 0. The van der Waals surface area contributed by atoms with Crippen LogP contribution in [-0.2, 0) is 9.59 Å². The maximum absolute atomic E-state index is 11.2. The number of aliphatic hydroxyl groups is 1. The summed E-state index contributed by atoms with van der Waals surface area (Å²) in [6.45, 7) is 1.47. The van der Waals surface area contributed by atoms with Crippen LogP contribution >= 0.6 is 11.6 Å². The number of aliphatic hydroxyl groups excluding tert-OH is 1. The number of nitrogens with zero attached hydrogens (tertiary/aromatic N) is 2. The molecule has 1 saturated heterocycles. The summed E-state index contributed by atoms with van der Waals surface area (Å²) in [6, 6.07) is 0. The van der Waals surface area contributed by atoms with Crippen LogP contribution in [0.2, 0.25) is 0 Å². The zero-order chi connectivity index (χ0) is 10.9. The summed E-state index contributed by atoms with van der Waals surface area (Å²) < 4.78 is 0. The molecule has 1 N–H and O–H groups in total. The van der Waals surface area contributed by atoms with Crippen LogP contribution in [0.3, 0.4) is 0 Å². The summed E-state index contributed by atoms with van der Waals surface area (Å²) in [6.07, 6.45) is -1.04.